The molecule has 0 aliphatic carbocycles. The van der Waals surface area contributed by atoms with E-state index in [2.05, 4.69) is 84.9 Å². The van der Waals surface area contributed by atoms with E-state index in [0.29, 0.717) is 37.6 Å². The van der Waals surface area contributed by atoms with Crippen LogP contribution < -0.4 is 14.2 Å². The summed E-state index contributed by atoms with van der Waals surface area (Å²) in [5.41, 5.74) is 2.93. The summed E-state index contributed by atoms with van der Waals surface area (Å²) in [6.07, 6.45) is -0.976. The molecule has 3 aromatic rings. The molecule has 0 radical (unpaired) electrons. The lowest BCUT2D eigenvalue weighted by Gasteiger charge is -2.32. The SMILES string of the molecule is CC(C)COC(C)Oc1ccc(C(C)(c2ccc(OC(C)OCC(C)C)cc2)c2ccc(OC(C)OCC(C)C)cc2)cc1. The molecule has 242 valence electrons. The molecule has 0 aromatic heterocycles. The second-order valence-corrected chi connectivity index (χ2v) is 12.9. The van der Waals surface area contributed by atoms with Gasteiger partial charge in [-0.2, -0.15) is 0 Å². The van der Waals surface area contributed by atoms with Crippen LogP contribution in [0.2, 0.25) is 0 Å². The molecule has 0 bridgehead atoms. The predicted molar refractivity (Wildman–Crippen MR) is 178 cm³/mol. The maximum atomic E-state index is 6.04. The zero-order valence-electron chi connectivity index (χ0n) is 28.5. The molecular weight excluding hydrogens is 552 g/mol. The third kappa shape index (κ3) is 10.8. The first-order valence-corrected chi connectivity index (χ1v) is 16.0. The molecule has 0 spiro atoms. The van der Waals surface area contributed by atoms with Gasteiger partial charge in [-0.1, -0.05) is 77.9 Å². The maximum Gasteiger partial charge on any atom is 0.196 e. The Labute approximate surface area is 266 Å². The van der Waals surface area contributed by atoms with Crippen molar-refractivity contribution >= 4 is 0 Å². The minimum Gasteiger partial charge on any atom is -0.465 e. The molecule has 0 aliphatic rings. The van der Waals surface area contributed by atoms with Crippen LogP contribution in [0.5, 0.6) is 17.2 Å². The van der Waals surface area contributed by atoms with Gasteiger partial charge in [0, 0.05) is 5.41 Å². The summed E-state index contributed by atoms with van der Waals surface area (Å²) >= 11 is 0. The summed E-state index contributed by atoms with van der Waals surface area (Å²) < 4.78 is 35.5. The van der Waals surface area contributed by atoms with Crippen molar-refractivity contribution in [3.63, 3.8) is 0 Å². The molecule has 6 nitrogen and oxygen atoms in total. The molecule has 0 saturated heterocycles. The van der Waals surface area contributed by atoms with E-state index >= 15 is 0 Å². The Morgan fingerprint density at radius 1 is 0.409 bits per heavy atom. The Hall–Kier alpha value is -3.06. The van der Waals surface area contributed by atoms with Crippen LogP contribution in [0.1, 0.15) is 85.9 Å². The van der Waals surface area contributed by atoms with Gasteiger partial charge in [0.25, 0.3) is 0 Å². The maximum absolute atomic E-state index is 6.04. The van der Waals surface area contributed by atoms with Crippen LogP contribution in [-0.4, -0.2) is 38.7 Å². The molecule has 3 atom stereocenters. The topological polar surface area (TPSA) is 55.4 Å². The van der Waals surface area contributed by atoms with Gasteiger partial charge in [0.1, 0.15) is 17.2 Å². The van der Waals surface area contributed by atoms with E-state index in [1.807, 2.05) is 57.2 Å². The van der Waals surface area contributed by atoms with Gasteiger partial charge >= 0.3 is 0 Å². The standard InChI is InChI=1S/C38H54O6/c1-26(2)23-39-29(7)42-35-17-11-32(12-18-35)38(10,33-13-19-36(20-14-33)43-30(8)40-24-27(3)4)34-15-21-37(22-16-34)44-31(9)41-25-28(5)6/h11-22,26-31H,23-25H2,1-10H3. The lowest BCUT2D eigenvalue weighted by molar-refractivity contribution is -0.0758. The summed E-state index contributed by atoms with van der Waals surface area (Å²) in [4.78, 5) is 0. The zero-order valence-corrected chi connectivity index (χ0v) is 28.5. The van der Waals surface area contributed by atoms with Crippen LogP contribution in [0.3, 0.4) is 0 Å². The number of ether oxygens (including phenoxy) is 6. The summed E-state index contributed by atoms with van der Waals surface area (Å²) in [7, 11) is 0. The molecule has 0 N–H and O–H groups in total. The molecule has 6 heteroatoms. The highest BCUT2D eigenvalue weighted by Crippen LogP contribution is 2.40. The second-order valence-electron chi connectivity index (χ2n) is 12.9. The predicted octanol–water partition coefficient (Wildman–Crippen LogP) is 9.23. The van der Waals surface area contributed by atoms with E-state index in [0.717, 1.165) is 33.9 Å². The van der Waals surface area contributed by atoms with Crippen molar-refractivity contribution in [2.24, 2.45) is 17.8 Å². The van der Waals surface area contributed by atoms with Crippen LogP contribution in [-0.2, 0) is 19.6 Å². The summed E-state index contributed by atoms with van der Waals surface area (Å²) in [5.74, 6) is 3.65. The van der Waals surface area contributed by atoms with Crippen LogP contribution in [0.25, 0.3) is 0 Å². The lowest BCUT2D eigenvalue weighted by atomic mass is 9.71. The summed E-state index contributed by atoms with van der Waals surface area (Å²) in [5, 5.41) is 0. The largest absolute Gasteiger partial charge is 0.465 e. The van der Waals surface area contributed by atoms with Gasteiger partial charge in [-0.05, 0) is 98.5 Å². The van der Waals surface area contributed by atoms with Crippen LogP contribution in [0.4, 0.5) is 0 Å². The zero-order chi connectivity index (χ0) is 32.3. The van der Waals surface area contributed by atoms with Crippen LogP contribution in [0.15, 0.2) is 72.8 Å². The number of rotatable bonds is 18. The average Bonchev–Trinajstić information content (AvgIpc) is 2.98. The fourth-order valence-corrected chi connectivity index (χ4v) is 4.76. The van der Waals surface area contributed by atoms with Crippen molar-refractivity contribution in [1.29, 1.82) is 0 Å². The number of benzene rings is 3. The molecule has 44 heavy (non-hydrogen) atoms. The van der Waals surface area contributed by atoms with Crippen molar-refractivity contribution in [3.8, 4) is 17.2 Å². The summed E-state index contributed by atoms with van der Waals surface area (Å²) in [6, 6.07) is 24.8. The molecule has 0 amide bonds. The van der Waals surface area contributed by atoms with Gasteiger partial charge < -0.3 is 28.4 Å². The highest BCUT2D eigenvalue weighted by molar-refractivity contribution is 5.52. The third-order valence-corrected chi connectivity index (χ3v) is 7.19. The van der Waals surface area contributed by atoms with E-state index in [1.165, 1.54) is 0 Å². The van der Waals surface area contributed by atoms with E-state index in [-0.39, 0.29) is 18.9 Å². The van der Waals surface area contributed by atoms with Crippen molar-refractivity contribution < 1.29 is 28.4 Å². The Morgan fingerprint density at radius 3 is 0.841 bits per heavy atom. The van der Waals surface area contributed by atoms with Gasteiger partial charge in [0.05, 0.1) is 19.8 Å². The van der Waals surface area contributed by atoms with Crippen molar-refractivity contribution in [3.05, 3.63) is 89.5 Å². The van der Waals surface area contributed by atoms with Gasteiger partial charge in [-0.25, -0.2) is 0 Å². The molecule has 0 fully saturated rings. The fourth-order valence-electron chi connectivity index (χ4n) is 4.76. The Balaban J connectivity index is 1.88. The van der Waals surface area contributed by atoms with E-state index in [1.54, 1.807) is 0 Å². The highest BCUT2D eigenvalue weighted by atomic mass is 16.7. The van der Waals surface area contributed by atoms with E-state index < -0.39 is 5.41 Å². The Kier molecular flexibility index (Phi) is 13.6. The first-order valence-electron chi connectivity index (χ1n) is 16.0. The van der Waals surface area contributed by atoms with E-state index in [4.69, 9.17) is 28.4 Å². The smallest absolute Gasteiger partial charge is 0.196 e. The fraction of sp³-hybridized carbons (Fsp3) is 0.526. The normalized spacial score (nSPS) is 15.2. The quantitative estimate of drug-likeness (QED) is 0.106. The van der Waals surface area contributed by atoms with Crippen molar-refractivity contribution in [2.75, 3.05) is 19.8 Å². The first-order chi connectivity index (χ1) is 20.9. The minimum absolute atomic E-state index is 0.325. The third-order valence-electron chi connectivity index (χ3n) is 7.19. The molecular formula is C38H54O6. The Bertz CT molecular complexity index is 1060. The van der Waals surface area contributed by atoms with Gasteiger partial charge in [0.15, 0.2) is 18.9 Å². The second kappa shape index (κ2) is 16.9. The molecule has 0 heterocycles. The molecule has 0 aliphatic heterocycles. The van der Waals surface area contributed by atoms with Gasteiger partial charge in [-0.15, -0.1) is 0 Å². The minimum atomic E-state index is -0.463. The van der Waals surface area contributed by atoms with Crippen LogP contribution in [0, 0.1) is 17.8 Å². The first kappa shape index (κ1) is 35.4. The highest BCUT2D eigenvalue weighted by Gasteiger charge is 2.31. The molecule has 0 saturated carbocycles. The lowest BCUT2D eigenvalue weighted by Crippen LogP contribution is -2.26. The number of hydrogen-bond donors (Lipinski definition) is 0. The van der Waals surface area contributed by atoms with E-state index in [9.17, 15) is 0 Å². The van der Waals surface area contributed by atoms with Gasteiger partial charge in [-0.3, -0.25) is 0 Å². The molecule has 3 rings (SSSR count). The van der Waals surface area contributed by atoms with Crippen LogP contribution >= 0.6 is 0 Å². The van der Waals surface area contributed by atoms with Crippen molar-refractivity contribution in [2.45, 2.75) is 93.5 Å². The van der Waals surface area contributed by atoms with Gasteiger partial charge in [0.2, 0.25) is 0 Å². The average molecular weight is 607 g/mol. The Morgan fingerprint density at radius 2 is 0.636 bits per heavy atom. The monoisotopic (exact) mass is 606 g/mol. The number of hydrogen-bond acceptors (Lipinski definition) is 6. The molecule has 3 aromatic carbocycles. The van der Waals surface area contributed by atoms with Crippen molar-refractivity contribution in [1.82, 2.24) is 0 Å². The molecule has 3 unspecified atom stereocenters. The summed E-state index contributed by atoms with van der Waals surface area (Å²) in [6.45, 7) is 22.8.